The van der Waals surface area contributed by atoms with E-state index in [1.807, 2.05) is 31.0 Å². The molecule has 0 aromatic rings. The second-order valence-corrected chi connectivity index (χ2v) is 53.1. The molecule has 0 aliphatic rings. The Bertz CT molecular complexity index is 950. The molecule has 19 heteroatoms. The SMILES string of the molecule is C=C[Si](C)(C)O[Si](C)(C=C)O[Si](C)(C)O[Si](C)(C)O[Si](C)(C)O[Si](C)(C)O[Si](C)(C)O[Si](C)(C)O[Si](C)(C)O[Si](C)(C)C. The summed E-state index contributed by atoms with van der Waals surface area (Å²) in [4.78, 5) is 0. The summed E-state index contributed by atoms with van der Waals surface area (Å²) >= 11 is 0. The lowest BCUT2D eigenvalue weighted by molar-refractivity contribution is 0.258. The van der Waals surface area contributed by atoms with E-state index in [0.717, 1.165) is 0 Å². The van der Waals surface area contributed by atoms with Gasteiger partial charge in [-0.15, -0.1) is 13.2 Å². The fourth-order valence-electron chi connectivity index (χ4n) is 5.59. The topological polar surface area (TPSA) is 83.1 Å². The Morgan fingerprint density at radius 3 is 0.744 bits per heavy atom. The third kappa shape index (κ3) is 19.6. The molecular formula is C24H66O9Si10. The smallest absolute Gasteiger partial charge is 0.342 e. The van der Waals surface area contributed by atoms with Crippen LogP contribution in [0.4, 0.5) is 0 Å². The highest BCUT2D eigenvalue weighted by Gasteiger charge is 2.50. The summed E-state index contributed by atoms with van der Waals surface area (Å²) < 4.78 is 59.7. The average Bonchev–Trinajstić information content (AvgIpc) is 2.58. The molecule has 9 nitrogen and oxygen atoms in total. The van der Waals surface area contributed by atoms with Crippen LogP contribution in [0, 0.1) is 0 Å². The maximum absolute atomic E-state index is 6.74. The Morgan fingerprint density at radius 1 is 0.302 bits per heavy atom. The highest BCUT2D eigenvalue weighted by atomic mass is 28.5. The summed E-state index contributed by atoms with van der Waals surface area (Å²) in [5.41, 5.74) is 3.75. The van der Waals surface area contributed by atoms with Crippen LogP contribution in [0.3, 0.4) is 0 Å². The Labute approximate surface area is 276 Å². The molecule has 0 aliphatic carbocycles. The van der Waals surface area contributed by atoms with Crippen molar-refractivity contribution in [2.24, 2.45) is 0 Å². The van der Waals surface area contributed by atoms with Crippen LogP contribution in [-0.4, -0.2) is 85.1 Å². The van der Waals surface area contributed by atoms with E-state index in [4.69, 9.17) is 37.0 Å². The Morgan fingerprint density at radius 2 is 0.535 bits per heavy atom. The largest absolute Gasteiger partial charge is 0.437 e. The lowest BCUT2D eigenvalue weighted by Gasteiger charge is -2.44. The predicted octanol–water partition coefficient (Wildman–Crippen LogP) is 8.61. The predicted molar refractivity (Wildman–Crippen MR) is 205 cm³/mol. The summed E-state index contributed by atoms with van der Waals surface area (Å²) in [7, 11) is -24.7. The first-order chi connectivity index (χ1) is 18.5. The molecule has 0 aromatic carbocycles. The van der Waals surface area contributed by atoms with Gasteiger partial charge in [-0.05, 0) is 131 Å². The second-order valence-electron chi connectivity index (χ2n) is 15.9. The highest BCUT2D eigenvalue weighted by molar-refractivity contribution is 6.94. The standard InChI is InChI=1S/C24H66O9Si10/c1-23-35(6,7)26-43(22,24-2)33-42(20,21)32-41(18,19)31-40(16,17)30-39(14,15)29-38(12,13)28-37(10,11)27-36(8,9)25-34(3,4)5/h23-24H,1-2H2,3-22H3. The van der Waals surface area contributed by atoms with Gasteiger partial charge >= 0.3 is 68.5 Å². The van der Waals surface area contributed by atoms with Crippen LogP contribution in [0.2, 0.25) is 131 Å². The lowest BCUT2D eigenvalue weighted by atomic mass is 11.3. The van der Waals surface area contributed by atoms with E-state index in [2.05, 4.69) is 124 Å². The highest BCUT2D eigenvalue weighted by Crippen LogP contribution is 2.30. The van der Waals surface area contributed by atoms with Crippen LogP contribution < -0.4 is 0 Å². The van der Waals surface area contributed by atoms with Gasteiger partial charge in [0.05, 0.1) is 0 Å². The molecule has 1 unspecified atom stereocenters. The molecule has 1 atom stereocenters. The Kier molecular flexibility index (Phi) is 15.3. The zero-order valence-electron chi connectivity index (χ0n) is 31.2. The summed E-state index contributed by atoms with van der Waals surface area (Å²) in [5, 5.41) is 0. The molecule has 0 aliphatic heterocycles. The fourth-order valence-corrected chi connectivity index (χ4v) is 53.3. The van der Waals surface area contributed by atoms with Gasteiger partial charge in [0.25, 0.3) is 0 Å². The van der Waals surface area contributed by atoms with Crippen molar-refractivity contribution in [1.82, 2.24) is 0 Å². The van der Waals surface area contributed by atoms with Crippen LogP contribution in [0.25, 0.3) is 0 Å². The van der Waals surface area contributed by atoms with Crippen LogP contribution in [-0.2, 0) is 37.0 Å². The van der Waals surface area contributed by atoms with Crippen molar-refractivity contribution < 1.29 is 37.0 Å². The van der Waals surface area contributed by atoms with Gasteiger partial charge in [0, 0.05) is 0 Å². The van der Waals surface area contributed by atoms with Crippen molar-refractivity contribution in [2.45, 2.75) is 131 Å². The Balaban J connectivity index is 5.55. The van der Waals surface area contributed by atoms with Gasteiger partial charge in [0.15, 0.2) is 16.6 Å². The first-order valence-corrected chi connectivity index (χ1v) is 43.6. The van der Waals surface area contributed by atoms with Crippen LogP contribution in [0.15, 0.2) is 24.6 Å². The summed E-state index contributed by atoms with van der Waals surface area (Å²) in [5.74, 6) is 0. The van der Waals surface area contributed by atoms with E-state index >= 15 is 0 Å². The molecule has 0 saturated carbocycles. The van der Waals surface area contributed by atoms with E-state index in [-0.39, 0.29) is 0 Å². The van der Waals surface area contributed by atoms with Crippen molar-refractivity contribution in [3.63, 3.8) is 0 Å². The fraction of sp³-hybridized carbons (Fsp3) is 0.833. The summed E-state index contributed by atoms with van der Waals surface area (Å²) in [6.45, 7) is 49.7. The zero-order valence-corrected chi connectivity index (χ0v) is 41.2. The van der Waals surface area contributed by atoms with E-state index in [9.17, 15) is 0 Å². The molecule has 0 rings (SSSR count). The van der Waals surface area contributed by atoms with Crippen molar-refractivity contribution in [2.75, 3.05) is 0 Å². The van der Waals surface area contributed by atoms with Gasteiger partial charge in [-0.2, -0.15) is 0 Å². The van der Waals surface area contributed by atoms with Gasteiger partial charge in [0.1, 0.15) is 0 Å². The van der Waals surface area contributed by atoms with Gasteiger partial charge in [0.2, 0.25) is 0 Å². The third-order valence-corrected chi connectivity index (χ3v) is 42.3. The van der Waals surface area contributed by atoms with Crippen molar-refractivity contribution in [3.05, 3.63) is 24.6 Å². The average molecular weight is 780 g/mol. The second kappa shape index (κ2) is 14.8. The summed E-state index contributed by atoms with van der Waals surface area (Å²) in [6, 6.07) is 0. The van der Waals surface area contributed by atoms with Gasteiger partial charge in [-0.25, -0.2) is 0 Å². The lowest BCUT2D eigenvalue weighted by Crippen LogP contribution is -2.62. The van der Waals surface area contributed by atoms with E-state index in [1.54, 1.807) is 0 Å². The maximum Gasteiger partial charge on any atom is 0.342 e. The molecule has 0 saturated heterocycles. The first kappa shape index (κ1) is 44.3. The van der Waals surface area contributed by atoms with Crippen LogP contribution in [0.1, 0.15) is 0 Å². The van der Waals surface area contributed by atoms with Crippen molar-refractivity contribution >= 4 is 85.1 Å². The van der Waals surface area contributed by atoms with E-state index in [0.29, 0.717) is 0 Å². The quantitative estimate of drug-likeness (QED) is 0.113. The monoisotopic (exact) mass is 778 g/mol. The van der Waals surface area contributed by atoms with Gasteiger partial charge in [-0.3, -0.25) is 0 Å². The minimum Gasteiger partial charge on any atom is -0.437 e. The van der Waals surface area contributed by atoms with Crippen molar-refractivity contribution in [1.29, 1.82) is 0 Å². The first-order valence-electron chi connectivity index (χ1n) is 15.1. The van der Waals surface area contributed by atoms with Crippen LogP contribution in [0.5, 0.6) is 0 Å². The summed E-state index contributed by atoms with van der Waals surface area (Å²) in [6.07, 6.45) is 0. The molecule has 43 heavy (non-hydrogen) atoms. The number of hydrogen-bond donors (Lipinski definition) is 0. The minimum absolute atomic E-state index is 1.74. The molecular weight excluding hydrogens is 713 g/mol. The van der Waals surface area contributed by atoms with E-state index in [1.165, 1.54) is 0 Å². The zero-order chi connectivity index (χ0) is 34.8. The molecule has 0 amide bonds. The van der Waals surface area contributed by atoms with Gasteiger partial charge in [-0.1, -0.05) is 11.4 Å². The molecule has 0 spiro atoms. The molecule has 0 aromatic heterocycles. The van der Waals surface area contributed by atoms with Gasteiger partial charge < -0.3 is 37.0 Å². The molecule has 0 heterocycles. The van der Waals surface area contributed by atoms with Crippen LogP contribution >= 0.6 is 0 Å². The van der Waals surface area contributed by atoms with E-state index < -0.39 is 85.1 Å². The number of rotatable bonds is 20. The minimum atomic E-state index is -2.68. The number of hydrogen-bond acceptors (Lipinski definition) is 9. The molecule has 0 N–H and O–H groups in total. The molecule has 0 radical (unpaired) electrons. The molecule has 0 bridgehead atoms. The molecule has 256 valence electrons. The third-order valence-electron chi connectivity index (χ3n) is 5.28. The maximum atomic E-state index is 6.74. The van der Waals surface area contributed by atoms with Crippen molar-refractivity contribution in [3.8, 4) is 0 Å². The Hall–Kier alpha value is 1.29. The normalized spacial score (nSPS) is 16.7. The molecule has 0 fully saturated rings.